The van der Waals surface area contributed by atoms with Gasteiger partial charge in [0.1, 0.15) is 5.65 Å². The highest BCUT2D eigenvalue weighted by Crippen LogP contribution is 2.29. The van der Waals surface area contributed by atoms with Gasteiger partial charge in [0, 0.05) is 11.6 Å². The molecule has 0 unspecified atom stereocenters. The van der Waals surface area contributed by atoms with Crippen molar-refractivity contribution in [1.29, 1.82) is 0 Å². The molecule has 0 bridgehead atoms. The molecule has 17 heavy (non-hydrogen) atoms. The Hall–Kier alpha value is -1.79. The summed E-state index contributed by atoms with van der Waals surface area (Å²) in [6, 6.07) is 0.513. The SMILES string of the molecule is CCc1nn2c(C(F)(F)F)cc(=O)[nH]c2c1C. The van der Waals surface area contributed by atoms with Crippen LogP contribution in [0.4, 0.5) is 13.2 Å². The largest absolute Gasteiger partial charge is 0.433 e. The van der Waals surface area contributed by atoms with E-state index in [0.29, 0.717) is 23.7 Å². The first-order chi connectivity index (χ1) is 7.84. The van der Waals surface area contributed by atoms with Crippen LogP contribution < -0.4 is 5.56 Å². The molecule has 0 aliphatic carbocycles. The summed E-state index contributed by atoms with van der Waals surface area (Å²) in [6.45, 7) is 3.43. The predicted molar refractivity (Wildman–Crippen MR) is 54.9 cm³/mol. The van der Waals surface area contributed by atoms with Crippen molar-refractivity contribution in [2.45, 2.75) is 26.4 Å². The zero-order chi connectivity index (χ0) is 12.8. The van der Waals surface area contributed by atoms with Crippen LogP contribution in [0, 0.1) is 6.92 Å². The van der Waals surface area contributed by atoms with E-state index >= 15 is 0 Å². The molecule has 0 fully saturated rings. The summed E-state index contributed by atoms with van der Waals surface area (Å²) in [5.74, 6) is 0. The molecular formula is C10H10F3N3O. The van der Waals surface area contributed by atoms with E-state index in [0.717, 1.165) is 4.52 Å². The molecule has 7 heteroatoms. The maximum Gasteiger partial charge on any atom is 0.433 e. The highest BCUT2D eigenvalue weighted by molar-refractivity contribution is 5.50. The monoisotopic (exact) mass is 245 g/mol. The van der Waals surface area contributed by atoms with Gasteiger partial charge in [0.2, 0.25) is 0 Å². The Morgan fingerprint density at radius 1 is 1.47 bits per heavy atom. The molecule has 92 valence electrons. The number of halogens is 3. The van der Waals surface area contributed by atoms with Crippen molar-refractivity contribution in [3.63, 3.8) is 0 Å². The lowest BCUT2D eigenvalue weighted by atomic mass is 10.2. The van der Waals surface area contributed by atoms with Gasteiger partial charge < -0.3 is 4.98 Å². The minimum atomic E-state index is -4.60. The van der Waals surface area contributed by atoms with Gasteiger partial charge in [0.25, 0.3) is 5.56 Å². The number of aryl methyl sites for hydroxylation is 2. The molecule has 0 saturated carbocycles. The van der Waals surface area contributed by atoms with Crippen molar-refractivity contribution >= 4 is 5.65 Å². The van der Waals surface area contributed by atoms with Crippen LogP contribution in [0.2, 0.25) is 0 Å². The van der Waals surface area contributed by atoms with E-state index < -0.39 is 17.4 Å². The summed E-state index contributed by atoms with van der Waals surface area (Å²) < 4.78 is 38.9. The predicted octanol–water partition coefficient (Wildman–Crippen LogP) is 1.91. The third-order valence-electron chi connectivity index (χ3n) is 2.58. The average molecular weight is 245 g/mol. The van der Waals surface area contributed by atoms with Gasteiger partial charge >= 0.3 is 6.18 Å². The highest BCUT2D eigenvalue weighted by Gasteiger charge is 2.35. The normalized spacial score (nSPS) is 12.3. The Balaban J connectivity index is 2.90. The molecule has 4 nitrogen and oxygen atoms in total. The number of aromatic amines is 1. The summed E-state index contributed by atoms with van der Waals surface area (Å²) >= 11 is 0. The van der Waals surface area contributed by atoms with E-state index in [4.69, 9.17) is 0 Å². The minimum Gasteiger partial charge on any atom is -0.307 e. The van der Waals surface area contributed by atoms with Crippen molar-refractivity contribution in [3.8, 4) is 0 Å². The van der Waals surface area contributed by atoms with Gasteiger partial charge in [-0.3, -0.25) is 4.79 Å². The van der Waals surface area contributed by atoms with E-state index in [1.165, 1.54) is 0 Å². The first-order valence-electron chi connectivity index (χ1n) is 5.03. The molecule has 2 rings (SSSR count). The maximum atomic E-state index is 12.7. The van der Waals surface area contributed by atoms with Gasteiger partial charge in [0.15, 0.2) is 5.69 Å². The second-order valence-electron chi connectivity index (χ2n) is 3.70. The van der Waals surface area contributed by atoms with E-state index in [9.17, 15) is 18.0 Å². The van der Waals surface area contributed by atoms with Gasteiger partial charge in [-0.25, -0.2) is 4.52 Å². The fourth-order valence-electron chi connectivity index (χ4n) is 1.74. The van der Waals surface area contributed by atoms with Gasteiger partial charge in [-0.05, 0) is 13.3 Å². The molecule has 2 heterocycles. The molecule has 0 amide bonds. The Kier molecular flexibility index (Phi) is 2.48. The van der Waals surface area contributed by atoms with Crippen LogP contribution in [0.25, 0.3) is 5.65 Å². The Morgan fingerprint density at radius 2 is 2.12 bits per heavy atom. The number of aromatic nitrogens is 3. The van der Waals surface area contributed by atoms with Crippen LogP contribution in [-0.2, 0) is 12.6 Å². The Morgan fingerprint density at radius 3 is 2.65 bits per heavy atom. The lowest BCUT2D eigenvalue weighted by molar-refractivity contribution is -0.142. The molecule has 0 aliphatic rings. The molecule has 0 atom stereocenters. The molecule has 1 N–H and O–H groups in total. The van der Waals surface area contributed by atoms with Crippen LogP contribution in [0.15, 0.2) is 10.9 Å². The average Bonchev–Trinajstić information content (AvgIpc) is 2.54. The number of nitrogens with zero attached hydrogens (tertiary/aromatic N) is 2. The first-order valence-corrected chi connectivity index (χ1v) is 5.03. The second kappa shape index (κ2) is 3.61. The lowest BCUT2D eigenvalue weighted by Crippen LogP contribution is -2.19. The van der Waals surface area contributed by atoms with Gasteiger partial charge in [-0.1, -0.05) is 6.92 Å². The molecular weight excluding hydrogens is 235 g/mol. The van der Waals surface area contributed by atoms with Crippen LogP contribution in [-0.4, -0.2) is 14.6 Å². The first kappa shape index (κ1) is 11.7. The topological polar surface area (TPSA) is 50.2 Å². The zero-order valence-corrected chi connectivity index (χ0v) is 9.22. The summed E-state index contributed by atoms with van der Waals surface area (Å²) in [5, 5.41) is 3.86. The van der Waals surface area contributed by atoms with Gasteiger partial charge in [0.05, 0.1) is 5.69 Å². The van der Waals surface area contributed by atoms with E-state index in [-0.39, 0.29) is 5.65 Å². The number of rotatable bonds is 1. The van der Waals surface area contributed by atoms with Crippen LogP contribution in [0.1, 0.15) is 23.9 Å². The second-order valence-corrected chi connectivity index (χ2v) is 3.70. The van der Waals surface area contributed by atoms with E-state index in [1.54, 1.807) is 13.8 Å². The van der Waals surface area contributed by atoms with Crippen molar-refractivity contribution in [1.82, 2.24) is 14.6 Å². The van der Waals surface area contributed by atoms with Crippen LogP contribution in [0.5, 0.6) is 0 Å². The lowest BCUT2D eigenvalue weighted by Gasteiger charge is -2.07. The number of nitrogens with one attached hydrogen (secondary N) is 1. The smallest absolute Gasteiger partial charge is 0.307 e. The summed E-state index contributed by atoms with van der Waals surface area (Å²) in [5.41, 5.74) is -0.635. The molecule has 2 aromatic heterocycles. The Labute approximate surface area is 94.1 Å². The fraction of sp³-hybridized carbons (Fsp3) is 0.400. The van der Waals surface area contributed by atoms with Gasteiger partial charge in [-0.15, -0.1) is 0 Å². The standard InChI is InChI=1S/C10H10F3N3O/c1-3-6-5(2)9-14-8(17)4-7(10(11,12)13)16(9)15-6/h4H,3H2,1-2H3,(H,14,17). The fourth-order valence-corrected chi connectivity index (χ4v) is 1.74. The summed E-state index contributed by atoms with van der Waals surface area (Å²) in [4.78, 5) is 13.6. The molecule has 2 aromatic rings. The van der Waals surface area contributed by atoms with Crippen molar-refractivity contribution < 1.29 is 13.2 Å². The zero-order valence-electron chi connectivity index (χ0n) is 9.22. The number of hydrogen-bond acceptors (Lipinski definition) is 2. The van der Waals surface area contributed by atoms with E-state index in [1.807, 2.05) is 0 Å². The maximum absolute atomic E-state index is 12.7. The highest BCUT2D eigenvalue weighted by atomic mass is 19.4. The molecule has 0 radical (unpaired) electrons. The van der Waals surface area contributed by atoms with Crippen molar-refractivity contribution in [2.75, 3.05) is 0 Å². The molecule has 0 aliphatic heterocycles. The number of hydrogen-bond donors (Lipinski definition) is 1. The summed E-state index contributed by atoms with van der Waals surface area (Å²) in [6.07, 6.45) is -4.09. The summed E-state index contributed by atoms with van der Waals surface area (Å²) in [7, 11) is 0. The van der Waals surface area contributed by atoms with Crippen molar-refractivity contribution in [2.24, 2.45) is 0 Å². The molecule has 0 aromatic carbocycles. The number of fused-ring (bicyclic) bond motifs is 1. The third-order valence-corrected chi connectivity index (χ3v) is 2.58. The quantitative estimate of drug-likeness (QED) is 0.834. The van der Waals surface area contributed by atoms with Crippen molar-refractivity contribution in [3.05, 3.63) is 33.4 Å². The van der Waals surface area contributed by atoms with Crippen LogP contribution in [0.3, 0.4) is 0 Å². The molecule has 0 spiro atoms. The van der Waals surface area contributed by atoms with E-state index in [2.05, 4.69) is 10.1 Å². The van der Waals surface area contributed by atoms with Crippen LogP contribution >= 0.6 is 0 Å². The number of H-pyrrole nitrogens is 1. The molecule has 0 saturated heterocycles. The third kappa shape index (κ3) is 1.81. The number of alkyl halides is 3. The Bertz CT molecular complexity index is 624. The minimum absolute atomic E-state index is 0.0988. The van der Waals surface area contributed by atoms with Gasteiger partial charge in [-0.2, -0.15) is 18.3 Å².